The maximum absolute atomic E-state index is 12.8. The van der Waals surface area contributed by atoms with Crippen LogP contribution in [-0.4, -0.2) is 19.7 Å². The zero-order valence-corrected chi connectivity index (χ0v) is 15.2. The Kier molecular flexibility index (Phi) is 3.32. The van der Waals surface area contributed by atoms with Gasteiger partial charge in [0.05, 0.1) is 27.2 Å². The Labute approximate surface area is 156 Å². The van der Waals surface area contributed by atoms with E-state index in [1.165, 1.54) is 11.3 Å². The van der Waals surface area contributed by atoms with E-state index < -0.39 is 0 Å². The van der Waals surface area contributed by atoms with Crippen molar-refractivity contribution in [1.82, 2.24) is 19.7 Å². The Bertz CT molecular complexity index is 1330. The quantitative estimate of drug-likeness (QED) is 0.319. The van der Waals surface area contributed by atoms with Crippen molar-refractivity contribution in [3.8, 4) is 16.3 Å². The maximum Gasteiger partial charge on any atom is 0.211 e. The first-order valence-electron chi connectivity index (χ1n) is 7.96. The van der Waals surface area contributed by atoms with Gasteiger partial charge in [-0.25, -0.2) is 14.6 Å². The zero-order chi connectivity index (χ0) is 17.8. The van der Waals surface area contributed by atoms with Gasteiger partial charge >= 0.3 is 0 Å². The molecule has 2 aliphatic rings. The van der Waals surface area contributed by atoms with E-state index in [9.17, 15) is 4.79 Å². The Balaban J connectivity index is 1.91. The van der Waals surface area contributed by atoms with Crippen molar-refractivity contribution in [2.75, 3.05) is 0 Å². The second-order valence-electron chi connectivity index (χ2n) is 5.98. The number of para-hydroxylation sites is 1. The number of aromatic nitrogens is 4. The molecule has 0 bridgehead atoms. The van der Waals surface area contributed by atoms with Crippen molar-refractivity contribution in [2.24, 2.45) is 0 Å². The van der Waals surface area contributed by atoms with Crippen LogP contribution in [0.5, 0.6) is 0 Å². The molecule has 0 saturated heterocycles. The molecule has 2 aromatic heterocycles. The highest BCUT2D eigenvalue weighted by atomic mass is 35.5. The van der Waals surface area contributed by atoms with Crippen molar-refractivity contribution < 1.29 is 0 Å². The Morgan fingerprint density at radius 3 is 2.69 bits per heavy atom. The van der Waals surface area contributed by atoms with Crippen LogP contribution in [-0.2, 0) is 0 Å². The van der Waals surface area contributed by atoms with E-state index in [2.05, 4.69) is 10.1 Å². The molecular formula is C19H11ClN4OS. The van der Waals surface area contributed by atoms with Gasteiger partial charge in [-0.15, -0.1) is 11.3 Å². The van der Waals surface area contributed by atoms with Crippen LogP contribution < -0.4 is 5.43 Å². The number of hydrogen-bond donors (Lipinski definition) is 0. The van der Waals surface area contributed by atoms with Gasteiger partial charge in [0.25, 0.3) is 0 Å². The van der Waals surface area contributed by atoms with Crippen LogP contribution in [0.15, 0.2) is 53.5 Å². The lowest BCUT2D eigenvalue weighted by Crippen LogP contribution is -2.09. The number of pyridine rings is 1. The monoisotopic (exact) mass is 378 g/mol. The van der Waals surface area contributed by atoms with Crippen LogP contribution in [0, 0.1) is 6.92 Å². The Morgan fingerprint density at radius 1 is 1.08 bits per heavy atom. The first-order chi connectivity index (χ1) is 12.6. The molecule has 0 amide bonds. The molecule has 0 spiro atoms. The van der Waals surface area contributed by atoms with Gasteiger partial charge < -0.3 is 0 Å². The van der Waals surface area contributed by atoms with Crippen molar-refractivity contribution in [1.29, 1.82) is 0 Å². The Morgan fingerprint density at radius 2 is 1.88 bits per heavy atom. The third kappa shape index (κ3) is 2.23. The summed E-state index contributed by atoms with van der Waals surface area (Å²) in [6.07, 6.45) is 1.86. The molecule has 7 heteroatoms. The van der Waals surface area contributed by atoms with Crippen molar-refractivity contribution in [3.05, 3.63) is 69.6 Å². The normalized spacial score (nSPS) is 11.6. The predicted octanol–water partition coefficient (Wildman–Crippen LogP) is 4.46. The molecule has 0 N–H and O–H groups in total. The van der Waals surface area contributed by atoms with E-state index in [4.69, 9.17) is 16.6 Å². The van der Waals surface area contributed by atoms with E-state index >= 15 is 0 Å². The van der Waals surface area contributed by atoms with Gasteiger partial charge in [-0.1, -0.05) is 29.8 Å². The highest BCUT2D eigenvalue weighted by molar-refractivity contribution is 7.21. The van der Waals surface area contributed by atoms with Gasteiger partial charge in [0.1, 0.15) is 15.5 Å². The van der Waals surface area contributed by atoms with Gasteiger partial charge in [-0.2, -0.15) is 5.10 Å². The minimum atomic E-state index is -0.0818. The largest absolute Gasteiger partial charge is 0.287 e. The number of fused-ring (bicyclic) bond motifs is 4. The smallest absolute Gasteiger partial charge is 0.211 e. The minimum Gasteiger partial charge on any atom is -0.287 e. The van der Waals surface area contributed by atoms with Gasteiger partial charge in [-0.05, 0) is 31.2 Å². The minimum absolute atomic E-state index is 0.0818. The fourth-order valence-electron chi connectivity index (χ4n) is 3.03. The van der Waals surface area contributed by atoms with Gasteiger partial charge in [0, 0.05) is 11.8 Å². The molecule has 5 rings (SSSR count). The number of halogens is 1. The summed E-state index contributed by atoms with van der Waals surface area (Å²) in [5, 5.41) is 5.67. The topological polar surface area (TPSA) is 60.7 Å². The second kappa shape index (κ2) is 5.59. The van der Waals surface area contributed by atoms with E-state index in [1.54, 1.807) is 17.7 Å². The third-order valence-corrected chi connectivity index (χ3v) is 5.75. The van der Waals surface area contributed by atoms with Gasteiger partial charge in [0.2, 0.25) is 5.43 Å². The molecule has 0 saturated carbocycles. The average Bonchev–Trinajstić information content (AvgIpc) is 3.11. The number of benzene rings is 2. The fourth-order valence-corrected chi connectivity index (χ4v) is 4.28. The molecule has 0 atom stereocenters. The predicted molar refractivity (Wildman–Crippen MR) is 105 cm³/mol. The van der Waals surface area contributed by atoms with Gasteiger partial charge in [0.15, 0.2) is 0 Å². The average molecular weight is 379 g/mol. The number of hydrogen-bond acceptors (Lipinski definition) is 5. The number of rotatable bonds is 1. The van der Waals surface area contributed by atoms with E-state index in [0.29, 0.717) is 21.1 Å². The third-order valence-electron chi connectivity index (χ3n) is 4.34. The van der Waals surface area contributed by atoms with Crippen molar-refractivity contribution >= 4 is 44.2 Å². The first kappa shape index (κ1) is 15.4. The summed E-state index contributed by atoms with van der Waals surface area (Å²) >= 11 is 7.43. The number of nitrogens with zero attached hydrogens (tertiary/aromatic N) is 4. The van der Waals surface area contributed by atoms with E-state index in [1.807, 2.05) is 42.6 Å². The Hall–Kier alpha value is -2.83. The van der Waals surface area contributed by atoms with Crippen LogP contribution in [0.1, 0.15) is 5.56 Å². The van der Waals surface area contributed by atoms with Crippen LogP contribution in [0.2, 0.25) is 5.15 Å². The standard InChI is InChI=1S/C19H11ClN4OS/c1-10-17(25)15-12(9-24(23-15)11-5-3-2-4-6-11)16-18(10)26-19-13(21-16)7-8-14(20)22-19/h2-9H,1H3. The van der Waals surface area contributed by atoms with Gasteiger partial charge in [-0.3, -0.25) is 4.79 Å². The SMILES string of the molecule is Cc1c2sc3nc(Cl)ccc3nc-2c2cn(-c3ccccc3)nc2c1=O. The molecule has 26 heavy (non-hydrogen) atoms. The molecule has 1 aromatic carbocycles. The van der Waals surface area contributed by atoms with E-state index in [-0.39, 0.29) is 5.43 Å². The van der Waals surface area contributed by atoms with Crippen LogP contribution in [0.25, 0.3) is 37.5 Å². The zero-order valence-electron chi connectivity index (χ0n) is 13.6. The molecule has 3 aromatic rings. The maximum atomic E-state index is 12.8. The summed E-state index contributed by atoms with van der Waals surface area (Å²) in [5.41, 5.74) is 3.39. The molecule has 0 radical (unpaired) electrons. The lowest BCUT2D eigenvalue weighted by Gasteiger charge is -2.09. The molecule has 1 aliphatic heterocycles. The summed E-state index contributed by atoms with van der Waals surface area (Å²) in [6, 6.07) is 13.3. The second-order valence-corrected chi connectivity index (χ2v) is 7.36. The highest BCUT2D eigenvalue weighted by Crippen LogP contribution is 2.36. The molecule has 0 unspecified atom stereocenters. The summed E-state index contributed by atoms with van der Waals surface area (Å²) in [6.45, 7) is 1.81. The van der Waals surface area contributed by atoms with Crippen LogP contribution in [0.4, 0.5) is 0 Å². The summed E-state index contributed by atoms with van der Waals surface area (Å²) < 4.78 is 1.72. The van der Waals surface area contributed by atoms with Crippen LogP contribution in [0.3, 0.4) is 0 Å². The van der Waals surface area contributed by atoms with Crippen molar-refractivity contribution in [3.63, 3.8) is 0 Å². The molecular weight excluding hydrogens is 368 g/mol. The highest BCUT2D eigenvalue weighted by Gasteiger charge is 2.21. The molecule has 3 heterocycles. The summed E-state index contributed by atoms with van der Waals surface area (Å²) in [4.78, 5) is 23.5. The summed E-state index contributed by atoms with van der Waals surface area (Å²) in [7, 11) is 0. The molecule has 1 aliphatic carbocycles. The van der Waals surface area contributed by atoms with Crippen LogP contribution >= 0.6 is 22.9 Å². The molecule has 126 valence electrons. The van der Waals surface area contributed by atoms with E-state index in [0.717, 1.165) is 27.2 Å². The lowest BCUT2D eigenvalue weighted by molar-refractivity contribution is 0.895. The first-order valence-corrected chi connectivity index (χ1v) is 9.16. The lowest BCUT2D eigenvalue weighted by atomic mass is 10.1. The van der Waals surface area contributed by atoms with Crippen molar-refractivity contribution in [2.45, 2.75) is 6.92 Å². The molecule has 0 fully saturated rings. The fraction of sp³-hybridized carbons (Fsp3) is 0.0526. The summed E-state index contributed by atoms with van der Waals surface area (Å²) in [5.74, 6) is 0. The molecule has 5 nitrogen and oxygen atoms in total.